The van der Waals surface area contributed by atoms with Gasteiger partial charge in [-0.15, -0.1) is 0 Å². The van der Waals surface area contributed by atoms with Gasteiger partial charge in [-0.05, 0) is 68.2 Å². The summed E-state index contributed by atoms with van der Waals surface area (Å²) >= 11 is 6.09. The first-order valence-electron chi connectivity index (χ1n) is 9.56. The summed E-state index contributed by atoms with van der Waals surface area (Å²) in [5, 5.41) is 10.0. The monoisotopic (exact) mass is 403 g/mol. The van der Waals surface area contributed by atoms with E-state index in [1.54, 1.807) is 7.11 Å². The van der Waals surface area contributed by atoms with Crippen LogP contribution in [0.2, 0.25) is 5.02 Å². The fraction of sp³-hybridized carbons (Fsp3) is 0.409. The number of hydrogen-bond acceptors (Lipinski definition) is 4. The van der Waals surface area contributed by atoms with Gasteiger partial charge in [-0.1, -0.05) is 29.8 Å². The van der Waals surface area contributed by atoms with Crippen molar-refractivity contribution in [3.8, 4) is 11.5 Å². The lowest BCUT2D eigenvalue weighted by Crippen LogP contribution is -2.39. The van der Waals surface area contributed by atoms with Gasteiger partial charge >= 0.3 is 5.97 Å². The maximum absolute atomic E-state index is 11.3. The van der Waals surface area contributed by atoms with E-state index < -0.39 is 5.97 Å². The van der Waals surface area contributed by atoms with E-state index in [2.05, 4.69) is 4.90 Å². The second kappa shape index (κ2) is 9.30. The van der Waals surface area contributed by atoms with Crippen molar-refractivity contribution in [3.05, 3.63) is 58.6 Å². The molecule has 3 rings (SSSR count). The molecular weight excluding hydrogens is 378 g/mol. The largest absolute Gasteiger partial charge is 0.493 e. The van der Waals surface area contributed by atoms with Gasteiger partial charge < -0.3 is 14.6 Å². The number of hydrogen-bond donors (Lipinski definition) is 1. The Hall–Kier alpha value is -2.24. The summed E-state index contributed by atoms with van der Waals surface area (Å²) in [7, 11) is 1.63. The lowest BCUT2D eigenvalue weighted by molar-refractivity contribution is -0.143. The van der Waals surface area contributed by atoms with E-state index in [1.807, 2.05) is 49.4 Å². The van der Waals surface area contributed by atoms with Crippen LogP contribution in [0.4, 0.5) is 0 Å². The highest BCUT2D eigenvalue weighted by Gasteiger charge is 2.30. The lowest BCUT2D eigenvalue weighted by atomic mass is 9.91. The standard InChI is InChI=1S/C22H26ClNO4/c1-3-28-20-14-17(6-9-19(20)27-2)21(15-4-7-18(23)8-5-15)24-12-10-16(11-13-24)22(25)26/h4-9,14,16,21H,3,10-13H2,1-2H3,(H,25,26). The molecule has 0 aliphatic carbocycles. The highest BCUT2D eigenvalue weighted by atomic mass is 35.5. The molecule has 1 aliphatic heterocycles. The zero-order chi connectivity index (χ0) is 20.1. The zero-order valence-electron chi connectivity index (χ0n) is 16.2. The van der Waals surface area contributed by atoms with Gasteiger partial charge in [0.05, 0.1) is 25.7 Å². The predicted octanol–water partition coefficient (Wildman–Crippen LogP) is 4.63. The highest BCUT2D eigenvalue weighted by molar-refractivity contribution is 6.30. The molecule has 6 heteroatoms. The third-order valence-corrected chi connectivity index (χ3v) is 5.48. The normalized spacial score (nSPS) is 16.5. The quantitative estimate of drug-likeness (QED) is 0.730. The van der Waals surface area contributed by atoms with Gasteiger partial charge in [-0.3, -0.25) is 9.69 Å². The Morgan fingerprint density at radius 2 is 1.79 bits per heavy atom. The molecule has 2 aromatic rings. The van der Waals surface area contributed by atoms with Crippen molar-refractivity contribution < 1.29 is 19.4 Å². The Morgan fingerprint density at radius 3 is 2.36 bits per heavy atom. The van der Waals surface area contributed by atoms with Gasteiger partial charge in [0.2, 0.25) is 0 Å². The molecular formula is C22H26ClNO4. The smallest absolute Gasteiger partial charge is 0.306 e. The molecule has 0 bridgehead atoms. The first kappa shape index (κ1) is 20.5. The SMILES string of the molecule is CCOc1cc(C(c2ccc(Cl)cc2)N2CCC(C(=O)O)CC2)ccc1OC. The van der Waals surface area contributed by atoms with E-state index >= 15 is 0 Å². The van der Waals surface area contributed by atoms with Crippen LogP contribution in [-0.4, -0.2) is 42.8 Å². The number of likely N-dealkylation sites (tertiary alicyclic amines) is 1. The Labute approximate surface area is 170 Å². The van der Waals surface area contributed by atoms with Crippen LogP contribution in [0, 0.1) is 5.92 Å². The molecule has 0 aromatic heterocycles. The first-order valence-corrected chi connectivity index (χ1v) is 9.94. The van der Waals surface area contributed by atoms with Crippen molar-refractivity contribution in [2.75, 3.05) is 26.8 Å². The van der Waals surface area contributed by atoms with Crippen LogP contribution in [0.1, 0.15) is 36.9 Å². The number of benzene rings is 2. The third-order valence-electron chi connectivity index (χ3n) is 5.23. The number of carbonyl (C=O) groups is 1. The highest BCUT2D eigenvalue weighted by Crippen LogP contribution is 2.37. The van der Waals surface area contributed by atoms with E-state index in [0.717, 1.165) is 24.2 Å². The molecule has 1 aliphatic rings. The van der Waals surface area contributed by atoms with Gasteiger partial charge in [0.25, 0.3) is 0 Å². The van der Waals surface area contributed by atoms with Gasteiger partial charge in [0.1, 0.15) is 0 Å². The maximum Gasteiger partial charge on any atom is 0.306 e. The fourth-order valence-electron chi connectivity index (χ4n) is 3.80. The summed E-state index contributed by atoms with van der Waals surface area (Å²) in [6, 6.07) is 13.8. The van der Waals surface area contributed by atoms with Crippen molar-refractivity contribution in [3.63, 3.8) is 0 Å². The molecule has 150 valence electrons. The van der Waals surface area contributed by atoms with Crippen LogP contribution in [0.25, 0.3) is 0 Å². The lowest BCUT2D eigenvalue weighted by Gasteiger charge is -2.37. The van der Waals surface area contributed by atoms with E-state index in [9.17, 15) is 9.90 Å². The summed E-state index contributed by atoms with van der Waals surface area (Å²) in [6.45, 7) is 3.94. The minimum absolute atomic E-state index is 0.00266. The molecule has 1 unspecified atom stereocenters. The molecule has 1 heterocycles. The van der Waals surface area contributed by atoms with E-state index in [-0.39, 0.29) is 12.0 Å². The summed E-state index contributed by atoms with van der Waals surface area (Å²) in [4.78, 5) is 13.7. The molecule has 0 spiro atoms. The molecule has 5 nitrogen and oxygen atoms in total. The molecule has 1 saturated heterocycles. The third kappa shape index (κ3) is 4.59. The first-order chi connectivity index (χ1) is 13.5. The fourth-order valence-corrected chi connectivity index (χ4v) is 3.92. The molecule has 1 fully saturated rings. The van der Waals surface area contributed by atoms with E-state index in [4.69, 9.17) is 21.1 Å². The van der Waals surface area contributed by atoms with Crippen LogP contribution in [0.15, 0.2) is 42.5 Å². The van der Waals surface area contributed by atoms with Crippen LogP contribution in [-0.2, 0) is 4.79 Å². The molecule has 28 heavy (non-hydrogen) atoms. The van der Waals surface area contributed by atoms with Crippen molar-refractivity contribution >= 4 is 17.6 Å². The van der Waals surface area contributed by atoms with Crippen LogP contribution in [0.5, 0.6) is 11.5 Å². The Kier molecular flexibility index (Phi) is 6.81. The Balaban J connectivity index is 1.96. The number of carboxylic acids is 1. The number of methoxy groups -OCH3 is 1. The average molecular weight is 404 g/mol. The maximum atomic E-state index is 11.3. The van der Waals surface area contributed by atoms with Crippen LogP contribution in [0.3, 0.4) is 0 Å². The summed E-state index contributed by atoms with van der Waals surface area (Å²) in [5.74, 6) is 0.440. The molecule has 0 saturated carbocycles. The molecule has 0 amide bonds. The zero-order valence-corrected chi connectivity index (χ0v) is 17.0. The second-order valence-corrected chi connectivity index (χ2v) is 7.38. The molecule has 1 atom stereocenters. The van der Waals surface area contributed by atoms with Crippen LogP contribution < -0.4 is 9.47 Å². The number of carboxylic acid groups (broad SMARTS) is 1. The molecule has 2 aromatic carbocycles. The average Bonchev–Trinajstić information content (AvgIpc) is 2.70. The topological polar surface area (TPSA) is 59.0 Å². The van der Waals surface area contributed by atoms with Gasteiger partial charge in [-0.2, -0.15) is 0 Å². The van der Waals surface area contributed by atoms with Gasteiger partial charge in [-0.25, -0.2) is 0 Å². The van der Waals surface area contributed by atoms with E-state index in [0.29, 0.717) is 36.0 Å². The van der Waals surface area contributed by atoms with Crippen LogP contribution >= 0.6 is 11.6 Å². The van der Waals surface area contributed by atoms with Gasteiger partial charge in [0.15, 0.2) is 11.5 Å². The number of piperidine rings is 1. The minimum Gasteiger partial charge on any atom is -0.493 e. The summed E-state index contributed by atoms with van der Waals surface area (Å²) < 4.78 is 11.2. The summed E-state index contributed by atoms with van der Waals surface area (Å²) in [6.07, 6.45) is 1.29. The number of rotatable bonds is 7. The number of ether oxygens (including phenoxy) is 2. The Morgan fingerprint density at radius 1 is 1.14 bits per heavy atom. The van der Waals surface area contributed by atoms with Gasteiger partial charge in [0, 0.05) is 5.02 Å². The minimum atomic E-state index is -0.703. The number of halogens is 1. The number of aliphatic carboxylic acids is 1. The van der Waals surface area contributed by atoms with Crippen molar-refractivity contribution in [2.24, 2.45) is 5.92 Å². The van der Waals surface area contributed by atoms with E-state index in [1.165, 1.54) is 0 Å². The molecule has 1 N–H and O–H groups in total. The molecule has 0 radical (unpaired) electrons. The van der Waals surface area contributed by atoms with Crippen molar-refractivity contribution in [1.82, 2.24) is 4.90 Å². The second-order valence-electron chi connectivity index (χ2n) is 6.95. The summed E-state index contributed by atoms with van der Waals surface area (Å²) in [5.41, 5.74) is 2.20. The number of nitrogens with zero attached hydrogens (tertiary/aromatic N) is 1. The predicted molar refractivity (Wildman–Crippen MR) is 109 cm³/mol. The van der Waals surface area contributed by atoms with Crippen molar-refractivity contribution in [1.29, 1.82) is 0 Å². The van der Waals surface area contributed by atoms with Crippen molar-refractivity contribution in [2.45, 2.75) is 25.8 Å². The Bertz CT molecular complexity index is 801.